The van der Waals surface area contributed by atoms with E-state index in [0.717, 1.165) is 31.5 Å². The number of benzene rings is 1. The lowest BCUT2D eigenvalue weighted by atomic mass is 10.0. The zero-order valence-electron chi connectivity index (χ0n) is 19.7. The van der Waals surface area contributed by atoms with Gasteiger partial charge in [-0.2, -0.15) is 0 Å². The molecule has 0 bridgehead atoms. The summed E-state index contributed by atoms with van der Waals surface area (Å²) in [6, 6.07) is 5.01. The molecule has 0 saturated carbocycles. The Morgan fingerprint density at radius 2 is 1.94 bits per heavy atom. The number of hydrogen-bond donors (Lipinski definition) is 2. The number of likely N-dealkylation sites (tertiary alicyclic amines) is 1. The Labute approximate surface area is 185 Å². The summed E-state index contributed by atoms with van der Waals surface area (Å²) in [5.74, 6) is 0.0109. The van der Waals surface area contributed by atoms with Crippen LogP contribution in [-0.2, 0) is 16.1 Å². The van der Waals surface area contributed by atoms with Gasteiger partial charge in [0.1, 0.15) is 17.3 Å². The smallest absolute Gasteiger partial charge is 0.323 e. The first kappa shape index (κ1) is 25.1. The Bertz CT molecular complexity index is 752. The van der Waals surface area contributed by atoms with Crippen LogP contribution in [0.25, 0.3) is 0 Å². The second-order valence-corrected chi connectivity index (χ2v) is 9.93. The molecule has 0 aliphatic carbocycles. The number of nitrogens with one attached hydrogen (secondary N) is 2. The van der Waals surface area contributed by atoms with E-state index in [0.29, 0.717) is 24.6 Å². The maximum atomic E-state index is 12.6. The van der Waals surface area contributed by atoms with Crippen molar-refractivity contribution in [3.05, 3.63) is 33.9 Å². The molecule has 1 atom stereocenters. The fourth-order valence-corrected chi connectivity index (χ4v) is 3.68. The van der Waals surface area contributed by atoms with Crippen LogP contribution in [0, 0.1) is 16.0 Å². The van der Waals surface area contributed by atoms with E-state index in [9.17, 15) is 14.9 Å². The summed E-state index contributed by atoms with van der Waals surface area (Å²) in [5, 5.41) is 18.3. The lowest BCUT2D eigenvalue weighted by Crippen LogP contribution is -2.41. The molecule has 1 aromatic rings. The summed E-state index contributed by atoms with van der Waals surface area (Å²) in [4.78, 5) is 26.2. The van der Waals surface area contributed by atoms with Crippen molar-refractivity contribution in [3.63, 3.8) is 0 Å². The summed E-state index contributed by atoms with van der Waals surface area (Å²) in [5.41, 5.74) is 0.816. The van der Waals surface area contributed by atoms with Crippen molar-refractivity contribution < 1.29 is 14.5 Å². The van der Waals surface area contributed by atoms with Crippen molar-refractivity contribution in [1.82, 2.24) is 10.2 Å². The van der Waals surface area contributed by atoms with Gasteiger partial charge in [0.25, 0.3) is 5.69 Å². The third kappa shape index (κ3) is 8.45. The highest BCUT2D eigenvalue weighted by Gasteiger charge is 2.26. The van der Waals surface area contributed by atoms with Crippen molar-refractivity contribution in [2.45, 2.75) is 78.1 Å². The Hall–Kier alpha value is -2.19. The van der Waals surface area contributed by atoms with Gasteiger partial charge in [0.15, 0.2) is 0 Å². The molecule has 174 valence electrons. The number of hydrogen-bond acceptors (Lipinski definition) is 7. The van der Waals surface area contributed by atoms with Gasteiger partial charge in [-0.15, -0.1) is 0 Å². The Morgan fingerprint density at radius 1 is 1.29 bits per heavy atom. The van der Waals surface area contributed by atoms with E-state index in [1.807, 2.05) is 40.7 Å². The number of nitro groups is 1. The standard InChI is InChI=1S/C23H38N4O4/c1-16(2)13-20(22(28)31-23(3,4)5)24-15-17-7-8-19(21(14-17)27(29)30)25-18-9-11-26(6)12-10-18/h7-8,14,16,18,20,24-25H,9-13,15H2,1-6H3/t20-/m0/s1. The Balaban J connectivity index is 2.08. The Morgan fingerprint density at radius 3 is 2.48 bits per heavy atom. The molecule has 1 fully saturated rings. The highest BCUT2D eigenvalue weighted by molar-refractivity contribution is 5.76. The molecule has 1 heterocycles. The SMILES string of the molecule is CC(C)C[C@H](NCc1ccc(NC2CCN(C)CC2)c([N+](=O)[O-])c1)C(=O)OC(C)(C)C. The zero-order chi connectivity index (χ0) is 23.2. The van der Waals surface area contributed by atoms with Crippen LogP contribution in [0.3, 0.4) is 0 Å². The highest BCUT2D eigenvalue weighted by Crippen LogP contribution is 2.28. The predicted molar refractivity (Wildman–Crippen MR) is 123 cm³/mol. The van der Waals surface area contributed by atoms with E-state index in [2.05, 4.69) is 22.6 Å². The molecule has 1 saturated heterocycles. The topological polar surface area (TPSA) is 96.7 Å². The molecular formula is C23H38N4O4. The first-order valence-corrected chi connectivity index (χ1v) is 11.1. The molecule has 1 aliphatic rings. The monoisotopic (exact) mass is 434 g/mol. The number of anilines is 1. The van der Waals surface area contributed by atoms with Crippen molar-refractivity contribution in [2.24, 2.45) is 5.92 Å². The second kappa shape index (κ2) is 10.9. The van der Waals surface area contributed by atoms with Gasteiger partial charge in [0.2, 0.25) is 0 Å². The molecule has 8 nitrogen and oxygen atoms in total. The van der Waals surface area contributed by atoms with Crippen molar-refractivity contribution in [1.29, 1.82) is 0 Å². The fraction of sp³-hybridized carbons (Fsp3) is 0.696. The minimum atomic E-state index is -0.561. The van der Waals surface area contributed by atoms with E-state index < -0.39 is 11.6 Å². The second-order valence-electron chi connectivity index (χ2n) is 9.93. The molecule has 1 aliphatic heterocycles. The van der Waals surface area contributed by atoms with E-state index in [1.165, 1.54) is 0 Å². The summed E-state index contributed by atoms with van der Waals surface area (Å²) in [6.07, 6.45) is 2.56. The van der Waals surface area contributed by atoms with Crippen LogP contribution >= 0.6 is 0 Å². The first-order valence-electron chi connectivity index (χ1n) is 11.1. The minimum Gasteiger partial charge on any atom is -0.459 e. The molecule has 0 radical (unpaired) electrons. The van der Waals surface area contributed by atoms with E-state index in [1.54, 1.807) is 12.1 Å². The van der Waals surface area contributed by atoms with Crippen molar-refractivity contribution in [2.75, 3.05) is 25.5 Å². The summed E-state index contributed by atoms with van der Waals surface area (Å²) in [7, 11) is 2.09. The van der Waals surface area contributed by atoms with Gasteiger partial charge in [-0.25, -0.2) is 0 Å². The average molecular weight is 435 g/mol. The maximum Gasteiger partial charge on any atom is 0.323 e. The summed E-state index contributed by atoms with van der Waals surface area (Å²) in [6.45, 7) is 11.9. The van der Waals surface area contributed by atoms with Gasteiger partial charge in [0, 0.05) is 18.7 Å². The van der Waals surface area contributed by atoms with Crippen LogP contribution in [0.1, 0.15) is 59.4 Å². The molecule has 0 spiro atoms. The lowest BCUT2D eigenvalue weighted by Gasteiger charge is -2.30. The van der Waals surface area contributed by atoms with E-state index in [-0.39, 0.29) is 22.6 Å². The molecule has 2 rings (SSSR count). The maximum absolute atomic E-state index is 12.6. The van der Waals surface area contributed by atoms with E-state index >= 15 is 0 Å². The van der Waals surface area contributed by atoms with Crippen LogP contribution in [0.2, 0.25) is 0 Å². The molecule has 8 heteroatoms. The average Bonchev–Trinajstić information content (AvgIpc) is 2.66. The normalized spacial score (nSPS) is 16.9. The highest BCUT2D eigenvalue weighted by atomic mass is 16.6. The number of carbonyl (C=O) groups is 1. The van der Waals surface area contributed by atoms with Crippen LogP contribution in [-0.4, -0.2) is 53.6 Å². The number of nitrogens with zero attached hydrogens (tertiary/aromatic N) is 2. The van der Waals surface area contributed by atoms with Gasteiger partial charge in [-0.05, 0) is 77.7 Å². The van der Waals surface area contributed by atoms with Gasteiger partial charge < -0.3 is 20.3 Å². The molecule has 2 N–H and O–H groups in total. The third-order valence-electron chi connectivity index (χ3n) is 5.29. The number of carbonyl (C=O) groups excluding carboxylic acids is 1. The van der Waals surface area contributed by atoms with Crippen LogP contribution in [0.15, 0.2) is 18.2 Å². The zero-order valence-corrected chi connectivity index (χ0v) is 19.7. The number of piperidine rings is 1. The molecule has 1 aromatic carbocycles. The number of nitro benzene ring substituents is 1. The number of ether oxygens (including phenoxy) is 1. The van der Waals surface area contributed by atoms with Crippen LogP contribution in [0.5, 0.6) is 0 Å². The summed E-state index contributed by atoms with van der Waals surface area (Å²) >= 11 is 0. The van der Waals surface area contributed by atoms with Crippen LogP contribution < -0.4 is 10.6 Å². The van der Waals surface area contributed by atoms with Gasteiger partial charge in [0.05, 0.1) is 4.92 Å². The largest absolute Gasteiger partial charge is 0.459 e. The minimum absolute atomic E-state index is 0.0657. The molecule has 0 amide bonds. The Kier molecular flexibility index (Phi) is 8.82. The number of rotatable bonds is 9. The number of esters is 1. The molecule has 0 unspecified atom stereocenters. The quantitative estimate of drug-likeness (QED) is 0.345. The molecular weight excluding hydrogens is 396 g/mol. The third-order valence-corrected chi connectivity index (χ3v) is 5.29. The lowest BCUT2D eigenvalue weighted by molar-refractivity contribution is -0.384. The molecule has 31 heavy (non-hydrogen) atoms. The van der Waals surface area contributed by atoms with Gasteiger partial charge in [-0.3, -0.25) is 14.9 Å². The van der Waals surface area contributed by atoms with Gasteiger partial charge in [-0.1, -0.05) is 19.9 Å². The predicted octanol–water partition coefficient (Wildman–Crippen LogP) is 3.95. The van der Waals surface area contributed by atoms with Crippen molar-refractivity contribution in [3.8, 4) is 0 Å². The summed E-state index contributed by atoms with van der Waals surface area (Å²) < 4.78 is 5.54. The first-order chi connectivity index (χ1) is 14.4. The van der Waals surface area contributed by atoms with Gasteiger partial charge >= 0.3 is 5.97 Å². The molecule has 0 aromatic heterocycles. The fourth-order valence-electron chi connectivity index (χ4n) is 3.68. The van der Waals surface area contributed by atoms with E-state index in [4.69, 9.17) is 4.74 Å². The van der Waals surface area contributed by atoms with Crippen molar-refractivity contribution >= 4 is 17.3 Å². The van der Waals surface area contributed by atoms with Crippen LogP contribution in [0.4, 0.5) is 11.4 Å².